The third-order valence-electron chi connectivity index (χ3n) is 4.62. The van der Waals surface area contributed by atoms with E-state index in [1.165, 1.54) is 32.9 Å². The van der Waals surface area contributed by atoms with E-state index >= 15 is 0 Å². The van der Waals surface area contributed by atoms with Gasteiger partial charge in [0.05, 0.1) is 16.9 Å². The van der Waals surface area contributed by atoms with Crippen molar-refractivity contribution in [3.63, 3.8) is 0 Å². The zero-order valence-corrected chi connectivity index (χ0v) is 13.0. The van der Waals surface area contributed by atoms with Gasteiger partial charge >= 0.3 is 0 Å². The van der Waals surface area contributed by atoms with E-state index in [2.05, 4.69) is 78.1 Å². The van der Waals surface area contributed by atoms with Crippen LogP contribution >= 0.6 is 0 Å². The number of aromatic nitrogens is 2. The number of nitrogens with zero attached hydrogens (tertiary/aromatic N) is 2. The second-order valence-electron chi connectivity index (χ2n) is 6.15. The van der Waals surface area contributed by atoms with Crippen molar-refractivity contribution in [2.24, 2.45) is 0 Å². The van der Waals surface area contributed by atoms with Gasteiger partial charge in [-0.3, -0.25) is 4.40 Å². The standard InChI is InChI=1S/C21H16N2/c1-14-11-12-15-16-7-5-6-9-19(16)23-20-10-4-2-3-8-18(20)22-21(23)17(15)13-14/h3-13H,2H2,1H3. The van der Waals surface area contributed by atoms with Crippen molar-refractivity contribution in [3.8, 4) is 0 Å². The number of allylic oxidation sites excluding steroid dienone is 2. The summed E-state index contributed by atoms with van der Waals surface area (Å²) in [5.41, 5.74) is 5.75. The Balaban J connectivity index is 2.13. The van der Waals surface area contributed by atoms with E-state index in [1.54, 1.807) is 0 Å². The minimum absolute atomic E-state index is 0.961. The van der Waals surface area contributed by atoms with Crippen molar-refractivity contribution in [2.75, 3.05) is 0 Å². The average Bonchev–Trinajstić information content (AvgIpc) is 2.78. The number of hydrogen-bond acceptors (Lipinski definition) is 1. The predicted molar refractivity (Wildman–Crippen MR) is 97.6 cm³/mol. The van der Waals surface area contributed by atoms with Gasteiger partial charge in [-0.15, -0.1) is 0 Å². The summed E-state index contributed by atoms with van der Waals surface area (Å²) >= 11 is 0. The number of imidazole rings is 1. The molecule has 0 atom stereocenters. The van der Waals surface area contributed by atoms with Crippen molar-refractivity contribution in [1.29, 1.82) is 0 Å². The summed E-state index contributed by atoms with van der Waals surface area (Å²) in [6.45, 7) is 2.14. The van der Waals surface area contributed by atoms with Crippen molar-refractivity contribution in [1.82, 2.24) is 9.38 Å². The van der Waals surface area contributed by atoms with Crippen molar-refractivity contribution in [2.45, 2.75) is 13.3 Å². The third kappa shape index (κ3) is 1.72. The molecule has 2 nitrogen and oxygen atoms in total. The molecule has 5 rings (SSSR count). The average molecular weight is 296 g/mol. The molecule has 0 spiro atoms. The first kappa shape index (κ1) is 12.7. The first-order chi connectivity index (χ1) is 11.3. The highest BCUT2D eigenvalue weighted by molar-refractivity contribution is 6.12. The maximum atomic E-state index is 4.96. The fourth-order valence-electron chi connectivity index (χ4n) is 3.57. The van der Waals surface area contributed by atoms with Gasteiger partial charge in [-0.1, -0.05) is 48.0 Å². The van der Waals surface area contributed by atoms with Crippen LogP contribution in [0, 0.1) is 6.92 Å². The van der Waals surface area contributed by atoms with Gasteiger partial charge < -0.3 is 0 Å². The van der Waals surface area contributed by atoms with Crippen LogP contribution in [0.25, 0.3) is 39.5 Å². The highest BCUT2D eigenvalue weighted by Crippen LogP contribution is 2.33. The SMILES string of the molecule is Cc1ccc2c3ccccc3n3c4c(nc3c2c1)C=CCC=C4. The quantitative estimate of drug-likeness (QED) is 0.398. The van der Waals surface area contributed by atoms with E-state index in [4.69, 9.17) is 4.98 Å². The molecule has 0 amide bonds. The molecule has 2 aromatic heterocycles. The number of rotatable bonds is 0. The summed E-state index contributed by atoms with van der Waals surface area (Å²) in [4.78, 5) is 4.96. The fourth-order valence-corrected chi connectivity index (χ4v) is 3.57. The van der Waals surface area contributed by atoms with Crippen molar-refractivity contribution in [3.05, 3.63) is 71.6 Å². The molecule has 23 heavy (non-hydrogen) atoms. The topological polar surface area (TPSA) is 17.3 Å². The first-order valence-corrected chi connectivity index (χ1v) is 7.99. The highest BCUT2D eigenvalue weighted by atomic mass is 15.0. The van der Waals surface area contributed by atoms with Gasteiger partial charge in [-0.25, -0.2) is 4.98 Å². The fraction of sp³-hybridized carbons (Fsp3) is 0.0952. The van der Waals surface area contributed by atoms with Gasteiger partial charge in [0.25, 0.3) is 0 Å². The van der Waals surface area contributed by atoms with E-state index in [0.717, 1.165) is 17.8 Å². The van der Waals surface area contributed by atoms with Crippen LogP contribution in [0.4, 0.5) is 0 Å². The molecule has 0 bridgehead atoms. The van der Waals surface area contributed by atoms with Gasteiger partial charge in [0, 0.05) is 10.8 Å². The molecule has 0 saturated heterocycles. The summed E-state index contributed by atoms with van der Waals surface area (Å²) in [6, 6.07) is 15.2. The van der Waals surface area contributed by atoms with E-state index in [0.29, 0.717) is 0 Å². The van der Waals surface area contributed by atoms with Crippen molar-refractivity contribution >= 4 is 39.5 Å². The van der Waals surface area contributed by atoms with E-state index in [-0.39, 0.29) is 0 Å². The molecule has 0 aliphatic heterocycles. The second-order valence-corrected chi connectivity index (χ2v) is 6.15. The van der Waals surface area contributed by atoms with E-state index in [1.807, 2.05) is 0 Å². The van der Waals surface area contributed by atoms with E-state index < -0.39 is 0 Å². The Bertz CT molecular complexity index is 1140. The first-order valence-electron chi connectivity index (χ1n) is 7.99. The molecule has 2 aromatic carbocycles. The molecule has 0 unspecified atom stereocenters. The van der Waals surface area contributed by atoms with Crippen LogP contribution in [0.15, 0.2) is 54.6 Å². The van der Waals surface area contributed by atoms with E-state index in [9.17, 15) is 0 Å². The van der Waals surface area contributed by atoms with Gasteiger partial charge in [-0.05, 0) is 43.0 Å². The zero-order valence-electron chi connectivity index (χ0n) is 13.0. The monoisotopic (exact) mass is 296 g/mol. The molecule has 2 heterocycles. The molecule has 0 saturated carbocycles. The summed E-state index contributed by atoms with van der Waals surface area (Å²) in [6.07, 6.45) is 9.67. The number of benzene rings is 2. The Hall–Kier alpha value is -2.87. The maximum Gasteiger partial charge on any atom is 0.146 e. The molecule has 0 radical (unpaired) electrons. The maximum absolute atomic E-state index is 4.96. The Morgan fingerprint density at radius 1 is 0.913 bits per heavy atom. The van der Waals surface area contributed by atoms with Crippen molar-refractivity contribution < 1.29 is 0 Å². The normalized spacial score (nSPS) is 13.8. The predicted octanol–water partition coefficient (Wildman–Crippen LogP) is 5.38. The Morgan fingerprint density at radius 2 is 1.78 bits per heavy atom. The van der Waals surface area contributed by atoms with Gasteiger partial charge in [0.15, 0.2) is 0 Å². The van der Waals surface area contributed by atoms with Gasteiger partial charge in [0.2, 0.25) is 0 Å². The van der Waals surface area contributed by atoms with Gasteiger partial charge in [0.1, 0.15) is 5.65 Å². The highest BCUT2D eigenvalue weighted by Gasteiger charge is 2.15. The summed E-state index contributed by atoms with van der Waals surface area (Å²) in [5, 5.41) is 3.77. The lowest BCUT2D eigenvalue weighted by Gasteiger charge is -2.10. The summed E-state index contributed by atoms with van der Waals surface area (Å²) < 4.78 is 2.30. The lowest BCUT2D eigenvalue weighted by molar-refractivity contribution is 1.24. The van der Waals surface area contributed by atoms with Crippen LogP contribution in [-0.2, 0) is 0 Å². The minimum atomic E-state index is 0.961. The van der Waals surface area contributed by atoms with Crippen LogP contribution in [0.5, 0.6) is 0 Å². The molecule has 4 aromatic rings. The summed E-state index contributed by atoms with van der Waals surface area (Å²) in [5.74, 6) is 0. The molecular formula is C21H16N2. The molecule has 2 heteroatoms. The largest absolute Gasteiger partial charge is 0.292 e. The lowest BCUT2D eigenvalue weighted by Crippen LogP contribution is -1.93. The van der Waals surface area contributed by atoms with Gasteiger partial charge in [-0.2, -0.15) is 0 Å². The molecule has 0 fully saturated rings. The number of aryl methyl sites for hydroxylation is 1. The Kier molecular flexibility index (Phi) is 2.51. The van der Waals surface area contributed by atoms with Crippen LogP contribution < -0.4 is 0 Å². The number of hydrogen-bond donors (Lipinski definition) is 0. The third-order valence-corrected chi connectivity index (χ3v) is 4.62. The molecule has 1 aliphatic rings. The number of fused-ring (bicyclic) bond motifs is 8. The minimum Gasteiger partial charge on any atom is -0.292 e. The molecule has 1 aliphatic carbocycles. The van der Waals surface area contributed by atoms with Crippen LogP contribution in [0.1, 0.15) is 23.4 Å². The second kappa shape index (κ2) is 4.56. The summed E-state index contributed by atoms with van der Waals surface area (Å²) in [7, 11) is 0. The zero-order chi connectivity index (χ0) is 15.4. The van der Waals surface area contributed by atoms with Crippen LogP contribution in [-0.4, -0.2) is 9.38 Å². The van der Waals surface area contributed by atoms with Crippen LogP contribution in [0.3, 0.4) is 0 Å². The molecular weight excluding hydrogens is 280 g/mol. The Morgan fingerprint density at radius 3 is 2.74 bits per heavy atom. The Labute approximate surface area is 134 Å². The smallest absolute Gasteiger partial charge is 0.146 e. The lowest BCUT2D eigenvalue weighted by atomic mass is 10.0. The number of pyridine rings is 1. The molecule has 0 N–H and O–H groups in total. The van der Waals surface area contributed by atoms with Crippen LogP contribution in [0.2, 0.25) is 0 Å². The number of para-hydroxylation sites is 1. The molecule has 110 valence electrons.